The fourth-order valence-corrected chi connectivity index (χ4v) is 1.60. The summed E-state index contributed by atoms with van der Waals surface area (Å²) in [6.07, 6.45) is 0.303. The summed E-state index contributed by atoms with van der Waals surface area (Å²) < 4.78 is 10.7. The molecule has 17 heavy (non-hydrogen) atoms. The molecular formula is C14H21NO2. The first kappa shape index (κ1) is 12.6. The van der Waals surface area contributed by atoms with Gasteiger partial charge in [0.05, 0.1) is 19.8 Å². The fraction of sp³-hybridized carbons (Fsp3) is 0.571. The Bertz CT molecular complexity index is 331. The van der Waals surface area contributed by atoms with E-state index in [0.29, 0.717) is 18.8 Å². The van der Waals surface area contributed by atoms with Gasteiger partial charge in [0.1, 0.15) is 6.10 Å². The average Bonchev–Trinajstić information content (AvgIpc) is 2.26. The van der Waals surface area contributed by atoms with E-state index in [2.05, 4.69) is 43.4 Å². The van der Waals surface area contributed by atoms with Crippen LogP contribution in [0.3, 0.4) is 0 Å². The van der Waals surface area contributed by atoms with Crippen molar-refractivity contribution in [2.75, 3.05) is 13.2 Å². The Morgan fingerprint density at radius 1 is 1.24 bits per heavy atom. The molecule has 0 aromatic heterocycles. The Hall–Kier alpha value is -0.900. The number of hydrogen-bond donors (Lipinski definition) is 1. The van der Waals surface area contributed by atoms with E-state index >= 15 is 0 Å². The van der Waals surface area contributed by atoms with Crippen molar-refractivity contribution in [1.82, 2.24) is 5.32 Å². The second kappa shape index (κ2) is 6.15. The van der Waals surface area contributed by atoms with Gasteiger partial charge in [-0.2, -0.15) is 0 Å². The minimum Gasteiger partial charge on any atom is -0.376 e. The topological polar surface area (TPSA) is 30.5 Å². The SMILES string of the molecule is CC(C)NCc1ccc(COC2COC2)cc1. The molecule has 1 saturated heterocycles. The zero-order valence-electron chi connectivity index (χ0n) is 10.6. The number of rotatable bonds is 6. The van der Waals surface area contributed by atoms with E-state index in [-0.39, 0.29) is 0 Å². The summed E-state index contributed by atoms with van der Waals surface area (Å²) >= 11 is 0. The van der Waals surface area contributed by atoms with Crippen molar-refractivity contribution in [2.24, 2.45) is 0 Å². The van der Waals surface area contributed by atoms with Gasteiger partial charge in [0.15, 0.2) is 0 Å². The summed E-state index contributed by atoms with van der Waals surface area (Å²) in [7, 11) is 0. The zero-order valence-corrected chi connectivity index (χ0v) is 10.6. The fourth-order valence-electron chi connectivity index (χ4n) is 1.60. The second-order valence-electron chi connectivity index (χ2n) is 4.82. The minimum absolute atomic E-state index is 0.303. The number of ether oxygens (including phenoxy) is 2. The zero-order chi connectivity index (χ0) is 12.1. The molecule has 1 aromatic rings. The predicted octanol–water partition coefficient (Wildman–Crippen LogP) is 2.10. The molecule has 0 radical (unpaired) electrons. The third-order valence-electron chi connectivity index (χ3n) is 2.83. The van der Waals surface area contributed by atoms with Gasteiger partial charge in [0.25, 0.3) is 0 Å². The molecule has 1 aliphatic heterocycles. The van der Waals surface area contributed by atoms with E-state index < -0.39 is 0 Å². The van der Waals surface area contributed by atoms with Gasteiger partial charge in [-0.15, -0.1) is 0 Å². The Morgan fingerprint density at radius 3 is 2.41 bits per heavy atom. The van der Waals surface area contributed by atoms with Crippen LogP contribution in [0.15, 0.2) is 24.3 Å². The van der Waals surface area contributed by atoms with Crippen LogP contribution in [0.2, 0.25) is 0 Å². The van der Waals surface area contributed by atoms with Crippen LogP contribution in [0.5, 0.6) is 0 Å². The third-order valence-corrected chi connectivity index (χ3v) is 2.83. The van der Waals surface area contributed by atoms with Crippen LogP contribution >= 0.6 is 0 Å². The van der Waals surface area contributed by atoms with Crippen LogP contribution in [0, 0.1) is 0 Å². The summed E-state index contributed by atoms with van der Waals surface area (Å²) in [6, 6.07) is 9.11. The molecule has 1 fully saturated rings. The molecule has 0 atom stereocenters. The average molecular weight is 235 g/mol. The molecule has 1 aromatic carbocycles. The van der Waals surface area contributed by atoms with Gasteiger partial charge < -0.3 is 14.8 Å². The highest BCUT2D eigenvalue weighted by molar-refractivity contribution is 5.22. The van der Waals surface area contributed by atoms with Gasteiger partial charge in [-0.25, -0.2) is 0 Å². The molecule has 3 heteroatoms. The molecular weight excluding hydrogens is 214 g/mol. The Balaban J connectivity index is 1.76. The number of benzene rings is 1. The van der Waals surface area contributed by atoms with Gasteiger partial charge in [0, 0.05) is 12.6 Å². The molecule has 94 valence electrons. The van der Waals surface area contributed by atoms with E-state index in [1.165, 1.54) is 11.1 Å². The van der Waals surface area contributed by atoms with Crippen molar-refractivity contribution in [2.45, 2.75) is 39.1 Å². The second-order valence-corrected chi connectivity index (χ2v) is 4.82. The van der Waals surface area contributed by atoms with Crippen LogP contribution < -0.4 is 5.32 Å². The van der Waals surface area contributed by atoms with Crippen LogP contribution in [0.25, 0.3) is 0 Å². The van der Waals surface area contributed by atoms with Crippen molar-refractivity contribution in [3.63, 3.8) is 0 Å². The van der Waals surface area contributed by atoms with E-state index in [0.717, 1.165) is 19.8 Å². The molecule has 0 spiro atoms. The summed E-state index contributed by atoms with van der Waals surface area (Å²) in [5.74, 6) is 0. The van der Waals surface area contributed by atoms with E-state index in [1.54, 1.807) is 0 Å². The Kier molecular flexibility index (Phi) is 4.54. The standard InChI is InChI=1S/C14H21NO2/c1-11(2)15-7-12-3-5-13(6-4-12)8-17-14-9-16-10-14/h3-6,11,14-15H,7-10H2,1-2H3. The molecule has 3 nitrogen and oxygen atoms in total. The van der Waals surface area contributed by atoms with Gasteiger partial charge in [-0.05, 0) is 11.1 Å². The molecule has 2 rings (SSSR count). The largest absolute Gasteiger partial charge is 0.376 e. The van der Waals surface area contributed by atoms with Crippen LogP contribution in [-0.2, 0) is 22.6 Å². The molecule has 0 unspecified atom stereocenters. The first-order chi connectivity index (χ1) is 8.24. The lowest BCUT2D eigenvalue weighted by Crippen LogP contribution is -2.35. The van der Waals surface area contributed by atoms with Crippen molar-refractivity contribution >= 4 is 0 Å². The lowest BCUT2D eigenvalue weighted by atomic mass is 10.1. The van der Waals surface area contributed by atoms with Crippen molar-refractivity contribution < 1.29 is 9.47 Å². The van der Waals surface area contributed by atoms with E-state index in [1.807, 2.05) is 0 Å². The normalized spacial score (nSPS) is 16.2. The van der Waals surface area contributed by atoms with Crippen LogP contribution in [0.1, 0.15) is 25.0 Å². The van der Waals surface area contributed by atoms with Gasteiger partial charge >= 0.3 is 0 Å². The number of nitrogens with one attached hydrogen (secondary N) is 1. The Morgan fingerprint density at radius 2 is 1.88 bits per heavy atom. The highest BCUT2D eigenvalue weighted by Gasteiger charge is 2.18. The van der Waals surface area contributed by atoms with Crippen LogP contribution in [-0.4, -0.2) is 25.4 Å². The van der Waals surface area contributed by atoms with Gasteiger partial charge in [-0.3, -0.25) is 0 Å². The smallest absolute Gasteiger partial charge is 0.105 e. The maximum atomic E-state index is 5.66. The quantitative estimate of drug-likeness (QED) is 0.819. The third kappa shape index (κ3) is 4.11. The Labute approximate surface area is 103 Å². The summed E-state index contributed by atoms with van der Waals surface area (Å²) in [4.78, 5) is 0. The maximum absolute atomic E-state index is 5.66. The highest BCUT2D eigenvalue weighted by atomic mass is 16.6. The predicted molar refractivity (Wildman–Crippen MR) is 67.8 cm³/mol. The van der Waals surface area contributed by atoms with E-state index in [9.17, 15) is 0 Å². The molecule has 1 aliphatic rings. The minimum atomic E-state index is 0.303. The van der Waals surface area contributed by atoms with Crippen molar-refractivity contribution in [3.05, 3.63) is 35.4 Å². The van der Waals surface area contributed by atoms with E-state index in [4.69, 9.17) is 9.47 Å². The molecule has 1 heterocycles. The van der Waals surface area contributed by atoms with Crippen molar-refractivity contribution in [1.29, 1.82) is 0 Å². The lowest BCUT2D eigenvalue weighted by Gasteiger charge is -2.25. The summed E-state index contributed by atoms with van der Waals surface area (Å²) in [5.41, 5.74) is 2.54. The molecule has 0 bridgehead atoms. The van der Waals surface area contributed by atoms with Crippen LogP contribution in [0.4, 0.5) is 0 Å². The molecule has 0 saturated carbocycles. The van der Waals surface area contributed by atoms with Gasteiger partial charge in [0.2, 0.25) is 0 Å². The summed E-state index contributed by atoms with van der Waals surface area (Å²) in [5, 5.41) is 3.40. The monoisotopic (exact) mass is 235 g/mol. The molecule has 1 N–H and O–H groups in total. The highest BCUT2D eigenvalue weighted by Crippen LogP contribution is 2.11. The van der Waals surface area contributed by atoms with Gasteiger partial charge in [-0.1, -0.05) is 38.1 Å². The molecule has 0 aliphatic carbocycles. The number of hydrogen-bond acceptors (Lipinski definition) is 3. The maximum Gasteiger partial charge on any atom is 0.105 e. The first-order valence-electron chi connectivity index (χ1n) is 6.24. The van der Waals surface area contributed by atoms with Crippen molar-refractivity contribution in [3.8, 4) is 0 Å². The lowest BCUT2D eigenvalue weighted by molar-refractivity contribution is -0.135. The summed E-state index contributed by atoms with van der Waals surface area (Å²) in [6.45, 7) is 7.42. The molecule has 0 amide bonds. The first-order valence-corrected chi connectivity index (χ1v) is 6.24.